The maximum atomic E-state index is 13.5. The number of pyridine rings is 1. The second kappa shape index (κ2) is 13.4. The fourth-order valence-electron chi connectivity index (χ4n) is 5.28. The molecule has 46 heavy (non-hydrogen) atoms. The standard InChI is InChI=1S/C34H31ClFN5O4S/c1-41(14-16-46(42,43)27-9-3-2-4-10-27)22-34(13-6-15-45-34)32-19-28-30(20-37-32)38-23-39-33(28)40-26-11-12-31(29(35)18-26)44-21-24-7-5-8-25(36)17-24/h2-12,15,17-20,23H,13-14,16,21-22H2,1H3,(H,38,39,40). The first-order valence-corrected chi connectivity index (χ1v) is 16.6. The van der Waals surface area contributed by atoms with Gasteiger partial charge in [0.05, 0.1) is 39.3 Å². The molecule has 3 heterocycles. The lowest BCUT2D eigenvalue weighted by Crippen LogP contribution is -2.41. The molecule has 236 valence electrons. The largest absolute Gasteiger partial charge is 0.487 e. The van der Waals surface area contributed by atoms with Gasteiger partial charge in [-0.2, -0.15) is 0 Å². The van der Waals surface area contributed by atoms with Gasteiger partial charge in [-0.05, 0) is 67.2 Å². The van der Waals surface area contributed by atoms with Crippen LogP contribution < -0.4 is 10.1 Å². The van der Waals surface area contributed by atoms with Gasteiger partial charge in [0, 0.05) is 30.6 Å². The number of halogens is 2. The van der Waals surface area contributed by atoms with Crippen molar-refractivity contribution >= 4 is 43.8 Å². The molecule has 0 saturated heterocycles. The third-order valence-electron chi connectivity index (χ3n) is 7.67. The number of likely N-dealkylation sites (N-methyl/N-ethyl adjacent to an activating group) is 1. The molecule has 1 aliphatic rings. The van der Waals surface area contributed by atoms with E-state index in [-0.39, 0.29) is 18.2 Å². The number of hydrogen-bond acceptors (Lipinski definition) is 9. The zero-order valence-electron chi connectivity index (χ0n) is 24.9. The van der Waals surface area contributed by atoms with Gasteiger partial charge in [0.1, 0.15) is 30.3 Å². The third kappa shape index (κ3) is 7.12. The molecule has 0 saturated carbocycles. The molecule has 5 aromatic rings. The summed E-state index contributed by atoms with van der Waals surface area (Å²) in [7, 11) is -1.56. The maximum absolute atomic E-state index is 13.5. The number of nitrogens with one attached hydrogen (secondary N) is 1. The summed E-state index contributed by atoms with van der Waals surface area (Å²) in [5.74, 6) is 0.650. The second-order valence-corrected chi connectivity index (χ2v) is 13.6. The Hall–Kier alpha value is -4.58. The van der Waals surface area contributed by atoms with Crippen LogP contribution in [0.4, 0.5) is 15.9 Å². The SMILES string of the molecule is CN(CCS(=O)(=O)c1ccccc1)CC1(c2cc3c(Nc4ccc(OCc5cccc(F)c5)c(Cl)c4)ncnc3cn2)CC=CO1. The summed E-state index contributed by atoms with van der Waals surface area (Å²) in [5, 5.41) is 4.42. The summed E-state index contributed by atoms with van der Waals surface area (Å²) in [5.41, 5.74) is 1.84. The van der Waals surface area contributed by atoms with Crippen molar-refractivity contribution in [2.24, 2.45) is 0 Å². The van der Waals surface area contributed by atoms with Crippen LogP contribution >= 0.6 is 11.6 Å². The number of sulfone groups is 1. The minimum absolute atomic E-state index is 0.0265. The molecule has 3 aromatic carbocycles. The zero-order valence-corrected chi connectivity index (χ0v) is 26.5. The highest BCUT2D eigenvalue weighted by atomic mass is 35.5. The number of aromatic nitrogens is 3. The Morgan fingerprint density at radius 1 is 1.04 bits per heavy atom. The van der Waals surface area contributed by atoms with E-state index in [0.717, 1.165) is 5.39 Å². The monoisotopic (exact) mass is 659 g/mol. The summed E-state index contributed by atoms with van der Waals surface area (Å²) in [6.07, 6.45) is 7.28. The molecule has 1 unspecified atom stereocenters. The van der Waals surface area contributed by atoms with Crippen molar-refractivity contribution < 1.29 is 22.3 Å². The zero-order chi connectivity index (χ0) is 32.1. The number of benzene rings is 3. The average Bonchev–Trinajstić information content (AvgIpc) is 3.53. The summed E-state index contributed by atoms with van der Waals surface area (Å²) in [4.78, 5) is 15.8. The lowest BCUT2D eigenvalue weighted by atomic mass is 9.94. The van der Waals surface area contributed by atoms with Gasteiger partial charge in [0.15, 0.2) is 15.4 Å². The number of hydrogen-bond donors (Lipinski definition) is 1. The molecule has 0 bridgehead atoms. The molecule has 0 radical (unpaired) electrons. The highest BCUT2D eigenvalue weighted by Crippen LogP contribution is 2.37. The molecule has 2 aromatic heterocycles. The topological polar surface area (TPSA) is 107 Å². The summed E-state index contributed by atoms with van der Waals surface area (Å²) in [6, 6.07) is 21.8. The molecule has 12 heteroatoms. The van der Waals surface area contributed by atoms with Gasteiger partial charge in [-0.1, -0.05) is 41.9 Å². The van der Waals surface area contributed by atoms with Crippen molar-refractivity contribution in [3.63, 3.8) is 0 Å². The third-order valence-corrected chi connectivity index (χ3v) is 9.68. The fourth-order valence-corrected chi connectivity index (χ4v) is 6.87. The summed E-state index contributed by atoms with van der Waals surface area (Å²) < 4.78 is 51.2. The fraction of sp³-hybridized carbons (Fsp3) is 0.206. The highest BCUT2D eigenvalue weighted by molar-refractivity contribution is 7.91. The quantitative estimate of drug-likeness (QED) is 0.157. The van der Waals surface area contributed by atoms with Gasteiger partial charge >= 0.3 is 0 Å². The molecule has 9 nitrogen and oxygen atoms in total. The van der Waals surface area contributed by atoms with E-state index in [9.17, 15) is 12.8 Å². The van der Waals surface area contributed by atoms with E-state index >= 15 is 0 Å². The Labute approximate surface area is 271 Å². The minimum Gasteiger partial charge on any atom is -0.487 e. The first-order valence-electron chi connectivity index (χ1n) is 14.6. The van der Waals surface area contributed by atoms with E-state index in [1.54, 1.807) is 67.1 Å². The van der Waals surface area contributed by atoms with Crippen LogP contribution in [0.15, 0.2) is 109 Å². The lowest BCUT2D eigenvalue weighted by Gasteiger charge is -2.32. The Morgan fingerprint density at radius 2 is 1.89 bits per heavy atom. The molecular formula is C34H31ClFN5O4S. The summed E-state index contributed by atoms with van der Waals surface area (Å²) >= 11 is 6.53. The Morgan fingerprint density at radius 3 is 2.65 bits per heavy atom. The van der Waals surface area contributed by atoms with Crippen molar-refractivity contribution in [1.82, 2.24) is 19.9 Å². The molecule has 0 aliphatic carbocycles. The number of rotatable bonds is 12. The van der Waals surface area contributed by atoms with Crippen molar-refractivity contribution in [2.75, 3.05) is 31.2 Å². The first kappa shape index (κ1) is 31.4. The van der Waals surface area contributed by atoms with Gasteiger partial charge < -0.3 is 19.7 Å². The molecule has 0 spiro atoms. The van der Waals surface area contributed by atoms with Crippen LogP contribution in [0.1, 0.15) is 17.7 Å². The molecule has 0 amide bonds. The van der Waals surface area contributed by atoms with E-state index in [1.807, 2.05) is 30.2 Å². The van der Waals surface area contributed by atoms with Crippen molar-refractivity contribution in [3.8, 4) is 5.75 Å². The molecule has 1 N–H and O–H groups in total. The number of fused-ring (bicyclic) bond motifs is 1. The Bertz CT molecular complexity index is 1990. The second-order valence-electron chi connectivity index (χ2n) is 11.1. The van der Waals surface area contributed by atoms with E-state index < -0.39 is 15.4 Å². The predicted molar refractivity (Wildman–Crippen MR) is 175 cm³/mol. The number of ether oxygens (including phenoxy) is 2. The lowest BCUT2D eigenvalue weighted by molar-refractivity contribution is 0.00859. The number of anilines is 2. The molecule has 6 rings (SSSR count). The average molecular weight is 660 g/mol. The first-order chi connectivity index (χ1) is 22.2. The molecule has 1 aliphatic heterocycles. The number of nitrogens with zero attached hydrogens (tertiary/aromatic N) is 4. The summed E-state index contributed by atoms with van der Waals surface area (Å²) in [6.45, 7) is 0.897. The molecule has 0 fully saturated rings. The van der Waals surface area contributed by atoms with Gasteiger partial charge in [-0.15, -0.1) is 0 Å². The Balaban J connectivity index is 1.19. The van der Waals surface area contributed by atoms with Crippen LogP contribution in [0.25, 0.3) is 10.9 Å². The van der Waals surface area contributed by atoms with Crippen LogP contribution in [-0.4, -0.2) is 54.2 Å². The van der Waals surface area contributed by atoms with E-state index in [1.165, 1.54) is 18.5 Å². The molecular weight excluding hydrogens is 629 g/mol. The maximum Gasteiger partial charge on any atom is 0.179 e. The van der Waals surface area contributed by atoms with Gasteiger partial charge in [0.25, 0.3) is 0 Å². The minimum atomic E-state index is -3.43. The van der Waals surface area contributed by atoms with Gasteiger partial charge in [-0.3, -0.25) is 4.98 Å². The van der Waals surface area contributed by atoms with Crippen LogP contribution in [-0.2, 0) is 26.8 Å². The smallest absolute Gasteiger partial charge is 0.179 e. The van der Waals surface area contributed by atoms with Crippen molar-refractivity contribution in [3.05, 3.63) is 126 Å². The normalized spacial score (nSPS) is 16.1. The van der Waals surface area contributed by atoms with Gasteiger partial charge in [-0.25, -0.2) is 22.8 Å². The van der Waals surface area contributed by atoms with Crippen molar-refractivity contribution in [1.29, 1.82) is 0 Å². The van der Waals surface area contributed by atoms with Crippen LogP contribution in [0.5, 0.6) is 5.75 Å². The van der Waals surface area contributed by atoms with Crippen LogP contribution in [0.2, 0.25) is 5.02 Å². The van der Waals surface area contributed by atoms with E-state index in [4.69, 9.17) is 26.1 Å². The highest BCUT2D eigenvalue weighted by Gasteiger charge is 2.38. The Kier molecular flexibility index (Phi) is 9.16. The van der Waals surface area contributed by atoms with Crippen LogP contribution in [0.3, 0.4) is 0 Å². The molecule has 1 atom stereocenters. The van der Waals surface area contributed by atoms with Crippen molar-refractivity contribution in [2.45, 2.75) is 23.5 Å². The van der Waals surface area contributed by atoms with E-state index in [0.29, 0.717) is 63.5 Å². The van der Waals surface area contributed by atoms with E-state index in [2.05, 4.69) is 15.3 Å². The van der Waals surface area contributed by atoms with Gasteiger partial charge in [0.2, 0.25) is 0 Å². The predicted octanol–water partition coefficient (Wildman–Crippen LogP) is 6.67. The van der Waals surface area contributed by atoms with Crippen LogP contribution in [0, 0.1) is 5.82 Å².